The zero-order chi connectivity index (χ0) is 31.1. The van der Waals surface area contributed by atoms with Crippen molar-refractivity contribution in [2.45, 2.75) is 57.8 Å². The normalized spacial score (nSPS) is 16.8. The lowest BCUT2D eigenvalue weighted by atomic mass is 9.86. The number of nitrogens with one attached hydrogen (secondary N) is 1. The molecule has 0 radical (unpaired) electrons. The zero-order valence-corrected chi connectivity index (χ0v) is 25.6. The Balaban J connectivity index is 1.24. The summed E-state index contributed by atoms with van der Waals surface area (Å²) in [4.78, 5) is 39.6. The average Bonchev–Trinajstić information content (AvgIpc) is 3.02. The van der Waals surface area contributed by atoms with Gasteiger partial charge in [-0.15, -0.1) is 0 Å². The minimum atomic E-state index is -0.577. The van der Waals surface area contributed by atoms with E-state index in [9.17, 15) is 14.4 Å². The van der Waals surface area contributed by atoms with Crippen LogP contribution in [0.2, 0.25) is 0 Å². The quantitative estimate of drug-likeness (QED) is 0.219. The first-order valence-corrected chi connectivity index (χ1v) is 15.2. The fraction of sp³-hybridized carbons (Fsp3) is 0.324. The van der Waals surface area contributed by atoms with Crippen LogP contribution in [0.1, 0.15) is 60.2 Å². The molecule has 1 saturated heterocycles. The monoisotopic (exact) mass is 592 g/mol. The maximum Gasteiger partial charge on any atom is 0.410 e. The summed E-state index contributed by atoms with van der Waals surface area (Å²) in [5.74, 6) is -0.258. The first-order chi connectivity index (χ1) is 21.1. The third-order valence-electron chi connectivity index (χ3n) is 7.80. The van der Waals surface area contributed by atoms with Crippen LogP contribution in [-0.2, 0) is 27.3 Å². The number of ketones is 1. The minimum absolute atomic E-state index is 0.0343. The number of fused-ring (bicyclic) bond motifs is 1. The molecule has 1 fully saturated rings. The molecule has 4 aromatic rings. The number of Topliss-reactive ketones (excluding diaryl/α,β-unsaturated/α-hetero) is 1. The van der Waals surface area contributed by atoms with E-state index in [-0.39, 0.29) is 42.8 Å². The number of ether oxygens (including phenoxy) is 2. The fourth-order valence-corrected chi connectivity index (χ4v) is 5.53. The summed E-state index contributed by atoms with van der Waals surface area (Å²) in [5, 5.41) is 5.07. The molecular formula is C37H40N2O5. The van der Waals surface area contributed by atoms with Crippen molar-refractivity contribution >= 4 is 28.6 Å². The Morgan fingerprint density at radius 1 is 0.841 bits per heavy atom. The molecule has 1 aliphatic heterocycles. The molecule has 7 nitrogen and oxygen atoms in total. The molecular weight excluding hydrogens is 552 g/mol. The van der Waals surface area contributed by atoms with E-state index in [0.29, 0.717) is 25.3 Å². The van der Waals surface area contributed by atoms with Crippen molar-refractivity contribution in [1.29, 1.82) is 0 Å². The van der Waals surface area contributed by atoms with E-state index in [2.05, 4.69) is 35.6 Å². The van der Waals surface area contributed by atoms with Crippen LogP contribution < -0.4 is 5.32 Å². The highest BCUT2D eigenvalue weighted by atomic mass is 16.6. The van der Waals surface area contributed by atoms with Gasteiger partial charge in [0.25, 0.3) is 0 Å². The van der Waals surface area contributed by atoms with Crippen LogP contribution in [0, 0.1) is 0 Å². The fourth-order valence-electron chi connectivity index (χ4n) is 5.53. The highest BCUT2D eigenvalue weighted by Crippen LogP contribution is 2.32. The van der Waals surface area contributed by atoms with Gasteiger partial charge in [-0.1, -0.05) is 91.0 Å². The predicted octanol–water partition coefficient (Wildman–Crippen LogP) is 6.69. The van der Waals surface area contributed by atoms with Gasteiger partial charge in [0.15, 0.2) is 5.78 Å². The van der Waals surface area contributed by atoms with Crippen molar-refractivity contribution in [1.82, 2.24) is 10.2 Å². The Kier molecular flexibility index (Phi) is 9.75. The van der Waals surface area contributed by atoms with Crippen LogP contribution in [0.4, 0.5) is 4.79 Å². The molecule has 2 unspecified atom stereocenters. The number of rotatable bonds is 9. The molecule has 0 bridgehead atoms. The van der Waals surface area contributed by atoms with Crippen molar-refractivity contribution in [3.8, 4) is 0 Å². The molecule has 44 heavy (non-hydrogen) atoms. The summed E-state index contributed by atoms with van der Waals surface area (Å²) in [6.45, 7) is 6.99. The van der Waals surface area contributed by atoms with E-state index in [1.165, 1.54) is 5.39 Å². The smallest absolute Gasteiger partial charge is 0.410 e. The largest absolute Gasteiger partial charge is 0.444 e. The van der Waals surface area contributed by atoms with Gasteiger partial charge in [-0.3, -0.25) is 9.59 Å². The molecule has 5 rings (SSSR count). The number of carbonyl (C=O) groups is 3. The summed E-state index contributed by atoms with van der Waals surface area (Å²) in [6, 6.07) is 31.5. The average molecular weight is 593 g/mol. The first-order valence-electron chi connectivity index (χ1n) is 15.2. The van der Waals surface area contributed by atoms with Crippen molar-refractivity contribution in [3.05, 3.63) is 119 Å². The molecule has 2 amide bonds. The lowest BCUT2D eigenvalue weighted by Crippen LogP contribution is -2.48. The Morgan fingerprint density at radius 3 is 2.25 bits per heavy atom. The van der Waals surface area contributed by atoms with E-state index < -0.39 is 5.60 Å². The lowest BCUT2D eigenvalue weighted by Gasteiger charge is -2.39. The molecule has 0 aromatic heterocycles. The molecule has 1 aliphatic rings. The van der Waals surface area contributed by atoms with Crippen LogP contribution >= 0.6 is 0 Å². The number of nitrogens with zero attached hydrogens (tertiary/aromatic N) is 1. The van der Waals surface area contributed by atoms with Crippen LogP contribution in [0.25, 0.3) is 10.8 Å². The Bertz CT molecular complexity index is 1590. The van der Waals surface area contributed by atoms with E-state index in [0.717, 1.165) is 28.5 Å². The molecule has 0 spiro atoms. The summed E-state index contributed by atoms with van der Waals surface area (Å²) in [7, 11) is 0. The van der Waals surface area contributed by atoms with E-state index in [4.69, 9.17) is 9.47 Å². The van der Waals surface area contributed by atoms with Crippen LogP contribution in [0.5, 0.6) is 0 Å². The molecule has 228 valence electrons. The number of amides is 2. The second kappa shape index (κ2) is 13.9. The molecule has 0 aliphatic carbocycles. The van der Waals surface area contributed by atoms with E-state index >= 15 is 0 Å². The molecule has 2 atom stereocenters. The topological polar surface area (TPSA) is 84.9 Å². The third kappa shape index (κ3) is 8.32. The van der Waals surface area contributed by atoms with Gasteiger partial charge in [0.05, 0.1) is 32.2 Å². The number of hydrogen-bond donors (Lipinski definition) is 1. The van der Waals surface area contributed by atoms with Gasteiger partial charge < -0.3 is 19.7 Å². The van der Waals surface area contributed by atoms with Crippen molar-refractivity contribution in [3.63, 3.8) is 0 Å². The standard InChI is InChI=1S/C37H40N2O5/c1-37(2,3)44-36(42)39-20-19-32(34(24-39)43-25-27-15-16-28-9-7-8-12-31(28)21-27)29-17-13-26(14-18-29)22-35(41)38-23-33(40)30-10-5-4-6-11-30/h4-18,21,32,34H,19-20,22-25H2,1-3H3,(H,38,41). The lowest BCUT2D eigenvalue weighted by molar-refractivity contribution is -0.120. The van der Waals surface area contributed by atoms with Crippen LogP contribution in [0.3, 0.4) is 0 Å². The SMILES string of the molecule is CC(C)(C)OC(=O)N1CCC(c2ccc(CC(=O)NCC(=O)c3ccccc3)cc2)C(OCc2ccc3ccccc3c2)C1. The third-order valence-corrected chi connectivity index (χ3v) is 7.80. The number of piperidine rings is 1. The molecule has 1 N–H and O–H groups in total. The highest BCUT2D eigenvalue weighted by molar-refractivity contribution is 5.99. The van der Waals surface area contributed by atoms with Gasteiger partial charge in [0, 0.05) is 18.0 Å². The van der Waals surface area contributed by atoms with Crippen molar-refractivity contribution < 1.29 is 23.9 Å². The van der Waals surface area contributed by atoms with Crippen molar-refractivity contribution in [2.75, 3.05) is 19.6 Å². The molecule has 7 heteroatoms. The Hall–Kier alpha value is -4.49. The molecule has 0 saturated carbocycles. The minimum Gasteiger partial charge on any atom is -0.444 e. The second-order valence-corrected chi connectivity index (χ2v) is 12.3. The second-order valence-electron chi connectivity index (χ2n) is 12.3. The summed E-state index contributed by atoms with van der Waals surface area (Å²) < 4.78 is 12.2. The van der Waals surface area contributed by atoms with E-state index in [1.807, 2.05) is 63.2 Å². The number of hydrogen-bond acceptors (Lipinski definition) is 5. The zero-order valence-electron chi connectivity index (χ0n) is 25.6. The maximum atomic E-state index is 12.9. The number of carbonyl (C=O) groups excluding carboxylic acids is 3. The van der Waals surface area contributed by atoms with Crippen molar-refractivity contribution in [2.24, 2.45) is 0 Å². The number of benzene rings is 4. The first kappa shape index (κ1) is 31.0. The highest BCUT2D eigenvalue weighted by Gasteiger charge is 2.35. The maximum absolute atomic E-state index is 12.9. The van der Waals surface area contributed by atoms with Gasteiger partial charge in [-0.2, -0.15) is 0 Å². The Labute approximate surface area is 259 Å². The summed E-state index contributed by atoms with van der Waals surface area (Å²) in [6.07, 6.45) is 0.341. The van der Waals surface area contributed by atoms with Crippen LogP contribution in [-0.4, -0.2) is 54.0 Å². The molecule has 1 heterocycles. The van der Waals surface area contributed by atoms with Gasteiger partial charge in [-0.25, -0.2) is 4.79 Å². The number of likely N-dealkylation sites (tertiary alicyclic amines) is 1. The molecule has 4 aromatic carbocycles. The Morgan fingerprint density at radius 2 is 1.52 bits per heavy atom. The van der Waals surface area contributed by atoms with Gasteiger partial charge in [0.2, 0.25) is 5.91 Å². The van der Waals surface area contributed by atoms with Gasteiger partial charge in [0.1, 0.15) is 5.60 Å². The van der Waals surface area contributed by atoms with Gasteiger partial charge >= 0.3 is 6.09 Å². The van der Waals surface area contributed by atoms with E-state index in [1.54, 1.807) is 29.2 Å². The van der Waals surface area contributed by atoms with Gasteiger partial charge in [-0.05, 0) is 60.7 Å². The predicted molar refractivity (Wildman–Crippen MR) is 172 cm³/mol. The van der Waals surface area contributed by atoms with Crippen LogP contribution in [0.15, 0.2) is 97.1 Å². The summed E-state index contributed by atoms with van der Waals surface area (Å²) in [5.41, 5.74) is 3.03. The summed E-state index contributed by atoms with van der Waals surface area (Å²) >= 11 is 0.